The largest absolute Gasteiger partial charge is 0.435 e. The van der Waals surface area contributed by atoms with Gasteiger partial charge in [-0.05, 0) is 24.6 Å². The molecule has 0 bridgehead atoms. The van der Waals surface area contributed by atoms with E-state index in [1.807, 2.05) is 0 Å². The minimum absolute atomic E-state index is 0.0438. The number of alkyl halides is 3. The van der Waals surface area contributed by atoms with E-state index >= 15 is 0 Å². The summed E-state index contributed by atoms with van der Waals surface area (Å²) < 4.78 is 39.2. The molecule has 1 heterocycles. The molecule has 0 unspecified atom stereocenters. The lowest BCUT2D eigenvalue weighted by Gasteiger charge is -2.10. The molecule has 1 aromatic carbocycles. The van der Waals surface area contributed by atoms with Gasteiger partial charge in [0.05, 0.1) is 5.69 Å². The lowest BCUT2D eigenvalue weighted by atomic mass is 10.2. The monoisotopic (exact) mass is 255 g/mol. The molecule has 0 aliphatic carbocycles. The Balaban J connectivity index is 2.65. The zero-order chi connectivity index (χ0) is 13.3. The van der Waals surface area contributed by atoms with E-state index in [0.717, 1.165) is 5.56 Å². The van der Waals surface area contributed by atoms with Crippen LogP contribution in [0.4, 0.5) is 13.2 Å². The average molecular weight is 255 g/mol. The van der Waals surface area contributed by atoms with Gasteiger partial charge in [0.25, 0.3) is 0 Å². The van der Waals surface area contributed by atoms with Crippen LogP contribution in [-0.2, 0) is 6.18 Å². The number of hydrogen-bond donors (Lipinski definition) is 0. The van der Waals surface area contributed by atoms with Crippen LogP contribution in [-0.4, -0.2) is 21.3 Å². The van der Waals surface area contributed by atoms with Crippen molar-refractivity contribution in [3.63, 3.8) is 0 Å². The second kappa shape index (κ2) is 4.25. The van der Waals surface area contributed by atoms with E-state index in [4.69, 9.17) is 0 Å². The first-order valence-corrected chi connectivity index (χ1v) is 4.98. The molecule has 0 N–H and O–H groups in total. The van der Waals surface area contributed by atoms with Crippen LogP contribution in [0.1, 0.15) is 21.7 Å². The molecule has 94 valence electrons. The quantitative estimate of drug-likeness (QED) is 0.774. The normalized spacial score (nSPS) is 11.6. The van der Waals surface area contributed by atoms with Crippen LogP contribution in [0.25, 0.3) is 5.69 Å². The molecule has 7 heteroatoms. The Labute approximate surface area is 100 Å². The fraction of sp³-hybridized carbons (Fsp3) is 0.182. The molecular formula is C11H8F3N3O. The maximum Gasteiger partial charge on any atom is 0.435 e. The number of aromatic nitrogens is 3. The first kappa shape index (κ1) is 12.3. The van der Waals surface area contributed by atoms with Crippen molar-refractivity contribution in [3.05, 3.63) is 41.2 Å². The zero-order valence-electron chi connectivity index (χ0n) is 9.27. The third kappa shape index (κ3) is 2.11. The lowest BCUT2D eigenvalue weighted by molar-refractivity contribution is -0.143. The second-order valence-corrected chi connectivity index (χ2v) is 3.69. The molecule has 0 fully saturated rings. The number of aryl methyl sites for hydroxylation is 1. The highest BCUT2D eigenvalue weighted by atomic mass is 19.4. The number of halogens is 3. The summed E-state index contributed by atoms with van der Waals surface area (Å²) in [5, 5.41) is 6.61. The van der Waals surface area contributed by atoms with E-state index in [-0.39, 0.29) is 12.0 Å². The molecule has 0 saturated carbocycles. The maximum absolute atomic E-state index is 12.9. The maximum atomic E-state index is 12.9. The van der Waals surface area contributed by atoms with Gasteiger partial charge < -0.3 is 0 Å². The number of aldehydes is 1. The second-order valence-electron chi connectivity index (χ2n) is 3.69. The van der Waals surface area contributed by atoms with Crippen LogP contribution < -0.4 is 0 Å². The summed E-state index contributed by atoms with van der Waals surface area (Å²) in [6, 6.07) is 6.34. The first-order valence-electron chi connectivity index (χ1n) is 4.98. The van der Waals surface area contributed by atoms with Gasteiger partial charge >= 0.3 is 6.18 Å². The SMILES string of the molecule is Cc1cccc(-n2nnc(C=O)c2C(F)(F)F)c1. The predicted octanol–water partition coefficient (Wildman–Crippen LogP) is 2.41. The van der Waals surface area contributed by atoms with Crippen molar-refractivity contribution in [2.75, 3.05) is 0 Å². The number of benzene rings is 1. The highest BCUT2D eigenvalue weighted by Crippen LogP contribution is 2.32. The van der Waals surface area contributed by atoms with Crippen LogP contribution in [0.15, 0.2) is 24.3 Å². The smallest absolute Gasteiger partial charge is 0.296 e. The van der Waals surface area contributed by atoms with Gasteiger partial charge in [0.15, 0.2) is 17.7 Å². The topological polar surface area (TPSA) is 47.8 Å². The van der Waals surface area contributed by atoms with Crippen molar-refractivity contribution in [1.82, 2.24) is 15.0 Å². The molecular weight excluding hydrogens is 247 g/mol. The van der Waals surface area contributed by atoms with Crippen LogP contribution in [0.3, 0.4) is 0 Å². The molecule has 0 amide bonds. The van der Waals surface area contributed by atoms with Crippen molar-refractivity contribution in [2.45, 2.75) is 13.1 Å². The van der Waals surface area contributed by atoms with Crippen molar-refractivity contribution in [1.29, 1.82) is 0 Å². The van der Waals surface area contributed by atoms with Crippen LogP contribution in [0, 0.1) is 6.92 Å². The molecule has 2 rings (SSSR count). The van der Waals surface area contributed by atoms with Crippen LogP contribution >= 0.6 is 0 Å². The Hall–Kier alpha value is -2.18. The van der Waals surface area contributed by atoms with Crippen molar-refractivity contribution in [3.8, 4) is 5.69 Å². The predicted molar refractivity (Wildman–Crippen MR) is 56.5 cm³/mol. The number of rotatable bonds is 2. The number of nitrogens with zero attached hydrogens (tertiary/aromatic N) is 3. The Morgan fingerprint density at radius 3 is 2.61 bits per heavy atom. The van der Waals surface area contributed by atoms with Crippen LogP contribution in [0.5, 0.6) is 0 Å². The summed E-state index contributed by atoms with van der Waals surface area (Å²) in [4.78, 5) is 10.6. The third-order valence-electron chi connectivity index (χ3n) is 2.32. The van der Waals surface area contributed by atoms with Gasteiger partial charge in [0.1, 0.15) is 0 Å². The minimum Gasteiger partial charge on any atom is -0.296 e. The van der Waals surface area contributed by atoms with E-state index in [1.54, 1.807) is 19.1 Å². The molecule has 2 aromatic rings. The fourth-order valence-electron chi connectivity index (χ4n) is 1.58. The van der Waals surface area contributed by atoms with Gasteiger partial charge in [0.2, 0.25) is 0 Å². The zero-order valence-corrected chi connectivity index (χ0v) is 9.27. The Kier molecular flexibility index (Phi) is 2.90. The van der Waals surface area contributed by atoms with E-state index < -0.39 is 17.6 Å². The van der Waals surface area contributed by atoms with Gasteiger partial charge in [0, 0.05) is 0 Å². The molecule has 4 nitrogen and oxygen atoms in total. The van der Waals surface area contributed by atoms with Gasteiger partial charge in [-0.1, -0.05) is 17.3 Å². The van der Waals surface area contributed by atoms with Gasteiger partial charge in [-0.15, -0.1) is 5.10 Å². The summed E-state index contributed by atoms with van der Waals surface area (Å²) in [6.45, 7) is 1.74. The summed E-state index contributed by atoms with van der Waals surface area (Å²) in [5.41, 5.74) is -0.890. The fourth-order valence-corrected chi connectivity index (χ4v) is 1.58. The Morgan fingerprint density at radius 2 is 2.06 bits per heavy atom. The summed E-state index contributed by atoms with van der Waals surface area (Å²) >= 11 is 0. The van der Waals surface area contributed by atoms with E-state index in [0.29, 0.717) is 4.68 Å². The third-order valence-corrected chi connectivity index (χ3v) is 2.32. The molecule has 18 heavy (non-hydrogen) atoms. The number of carbonyl (C=O) groups is 1. The van der Waals surface area contributed by atoms with E-state index in [1.165, 1.54) is 12.1 Å². The molecule has 0 atom stereocenters. The molecule has 0 saturated heterocycles. The minimum atomic E-state index is -4.69. The molecule has 0 spiro atoms. The van der Waals surface area contributed by atoms with E-state index in [9.17, 15) is 18.0 Å². The highest BCUT2D eigenvalue weighted by molar-refractivity contribution is 5.73. The molecule has 0 aliphatic rings. The van der Waals surface area contributed by atoms with Gasteiger partial charge in [-0.3, -0.25) is 4.79 Å². The average Bonchev–Trinajstić information content (AvgIpc) is 2.72. The molecule has 0 radical (unpaired) electrons. The summed E-state index contributed by atoms with van der Waals surface area (Å²) in [6.07, 6.45) is -4.65. The first-order chi connectivity index (χ1) is 8.43. The number of hydrogen-bond acceptors (Lipinski definition) is 3. The van der Waals surface area contributed by atoms with Gasteiger partial charge in [-0.2, -0.15) is 13.2 Å². The molecule has 0 aliphatic heterocycles. The summed E-state index contributed by atoms with van der Waals surface area (Å²) in [7, 11) is 0. The Morgan fingerprint density at radius 1 is 1.33 bits per heavy atom. The van der Waals surface area contributed by atoms with Crippen LogP contribution in [0.2, 0.25) is 0 Å². The number of carbonyl (C=O) groups excluding carboxylic acids is 1. The standard InChI is InChI=1S/C11H8F3N3O/c1-7-3-2-4-8(5-7)17-10(11(12,13)14)9(6-18)15-16-17/h2-6H,1H3. The van der Waals surface area contributed by atoms with Gasteiger partial charge in [-0.25, -0.2) is 4.68 Å². The Bertz CT molecular complexity index is 589. The van der Waals surface area contributed by atoms with Crippen molar-refractivity contribution < 1.29 is 18.0 Å². The lowest BCUT2D eigenvalue weighted by Crippen LogP contribution is -2.15. The van der Waals surface area contributed by atoms with Crippen molar-refractivity contribution >= 4 is 6.29 Å². The van der Waals surface area contributed by atoms with Crippen molar-refractivity contribution in [2.24, 2.45) is 0 Å². The molecule has 1 aromatic heterocycles. The van der Waals surface area contributed by atoms with E-state index in [2.05, 4.69) is 10.3 Å². The highest BCUT2D eigenvalue weighted by Gasteiger charge is 2.39. The summed E-state index contributed by atoms with van der Waals surface area (Å²) in [5.74, 6) is 0.